The summed E-state index contributed by atoms with van der Waals surface area (Å²) in [4.78, 5) is 0. The summed E-state index contributed by atoms with van der Waals surface area (Å²) in [6.45, 7) is 5.15. The van der Waals surface area contributed by atoms with Crippen LogP contribution < -0.4 is 5.32 Å². The van der Waals surface area contributed by atoms with Crippen LogP contribution in [-0.2, 0) is 4.74 Å². The van der Waals surface area contributed by atoms with Crippen molar-refractivity contribution < 1.29 is 4.74 Å². The van der Waals surface area contributed by atoms with Gasteiger partial charge in [-0.25, -0.2) is 0 Å². The van der Waals surface area contributed by atoms with E-state index >= 15 is 0 Å². The lowest BCUT2D eigenvalue weighted by Crippen LogP contribution is -2.47. The number of hydrogen-bond acceptors (Lipinski definition) is 2. The van der Waals surface area contributed by atoms with E-state index in [0.717, 1.165) is 6.61 Å². The highest BCUT2D eigenvalue weighted by molar-refractivity contribution is 4.94. The first-order valence-electron chi connectivity index (χ1n) is 5.06. The van der Waals surface area contributed by atoms with Crippen LogP contribution in [0.1, 0.15) is 39.5 Å². The summed E-state index contributed by atoms with van der Waals surface area (Å²) >= 11 is 0. The van der Waals surface area contributed by atoms with Gasteiger partial charge in [-0.3, -0.25) is 0 Å². The van der Waals surface area contributed by atoms with Crippen LogP contribution in [0.5, 0.6) is 0 Å². The van der Waals surface area contributed by atoms with Gasteiger partial charge < -0.3 is 10.1 Å². The Morgan fingerprint density at radius 1 is 1.42 bits per heavy atom. The Balaban J connectivity index is 2.57. The monoisotopic (exact) mass is 171 g/mol. The minimum Gasteiger partial charge on any atom is -0.374 e. The summed E-state index contributed by atoms with van der Waals surface area (Å²) in [6, 6.07) is 0.486. The zero-order valence-corrected chi connectivity index (χ0v) is 8.52. The molecule has 0 heterocycles. The van der Waals surface area contributed by atoms with Crippen LogP contribution in [0.25, 0.3) is 0 Å². The molecule has 2 nitrogen and oxygen atoms in total. The molecule has 12 heavy (non-hydrogen) atoms. The Kier molecular flexibility index (Phi) is 3.53. The van der Waals surface area contributed by atoms with E-state index in [9.17, 15) is 0 Å². The quantitative estimate of drug-likeness (QED) is 0.698. The van der Waals surface area contributed by atoms with Crippen molar-refractivity contribution in [1.82, 2.24) is 5.32 Å². The third kappa shape index (κ3) is 1.80. The van der Waals surface area contributed by atoms with Crippen molar-refractivity contribution in [2.75, 3.05) is 13.7 Å². The molecule has 0 radical (unpaired) electrons. The molecule has 0 saturated heterocycles. The van der Waals surface area contributed by atoms with Gasteiger partial charge in [0.1, 0.15) is 0 Å². The molecule has 0 aromatic heterocycles. The SMILES string of the molecule is CCOC1(C(C)NC)CCCC1. The highest BCUT2D eigenvalue weighted by Crippen LogP contribution is 2.35. The zero-order valence-electron chi connectivity index (χ0n) is 8.52. The molecule has 2 heteroatoms. The van der Waals surface area contributed by atoms with Gasteiger partial charge in [-0.1, -0.05) is 12.8 Å². The fraction of sp³-hybridized carbons (Fsp3) is 1.00. The predicted molar refractivity (Wildman–Crippen MR) is 51.3 cm³/mol. The van der Waals surface area contributed by atoms with Gasteiger partial charge in [0, 0.05) is 12.6 Å². The van der Waals surface area contributed by atoms with Crippen molar-refractivity contribution in [3.63, 3.8) is 0 Å². The second-order valence-electron chi connectivity index (χ2n) is 3.72. The summed E-state index contributed by atoms with van der Waals surface area (Å²) < 4.78 is 5.88. The van der Waals surface area contributed by atoms with Crippen molar-refractivity contribution >= 4 is 0 Å². The Bertz CT molecular complexity index is 130. The third-order valence-corrected chi connectivity index (χ3v) is 3.10. The van der Waals surface area contributed by atoms with Gasteiger partial charge in [-0.15, -0.1) is 0 Å². The van der Waals surface area contributed by atoms with Crippen LogP contribution in [0, 0.1) is 0 Å². The second-order valence-corrected chi connectivity index (χ2v) is 3.72. The van der Waals surface area contributed by atoms with E-state index in [4.69, 9.17) is 4.74 Å². The molecule has 1 fully saturated rings. The maximum absolute atomic E-state index is 5.88. The van der Waals surface area contributed by atoms with Crippen molar-refractivity contribution in [2.45, 2.75) is 51.2 Å². The molecule has 0 aliphatic heterocycles. The second kappa shape index (κ2) is 4.24. The fourth-order valence-electron chi connectivity index (χ4n) is 2.23. The fourth-order valence-corrected chi connectivity index (χ4v) is 2.23. The Morgan fingerprint density at radius 2 is 2.00 bits per heavy atom. The lowest BCUT2D eigenvalue weighted by atomic mass is 9.93. The van der Waals surface area contributed by atoms with E-state index in [1.807, 2.05) is 7.05 Å². The number of ether oxygens (including phenoxy) is 1. The maximum Gasteiger partial charge on any atom is 0.0831 e. The Labute approximate surface area is 75.7 Å². The van der Waals surface area contributed by atoms with Gasteiger partial charge in [0.25, 0.3) is 0 Å². The third-order valence-electron chi connectivity index (χ3n) is 3.10. The molecule has 0 amide bonds. The summed E-state index contributed by atoms with van der Waals surface area (Å²) in [6.07, 6.45) is 5.10. The van der Waals surface area contributed by atoms with Crippen molar-refractivity contribution in [3.8, 4) is 0 Å². The van der Waals surface area contributed by atoms with E-state index in [0.29, 0.717) is 6.04 Å². The molecule has 0 aromatic rings. The predicted octanol–water partition coefficient (Wildman–Crippen LogP) is 1.94. The zero-order chi connectivity index (χ0) is 9.03. The van der Waals surface area contributed by atoms with Crippen molar-refractivity contribution in [1.29, 1.82) is 0 Å². The summed E-state index contributed by atoms with van der Waals surface area (Å²) in [7, 11) is 2.02. The average Bonchev–Trinajstić information content (AvgIpc) is 2.53. The first-order valence-corrected chi connectivity index (χ1v) is 5.06. The molecule has 1 aliphatic carbocycles. The van der Waals surface area contributed by atoms with Gasteiger partial charge in [0.2, 0.25) is 0 Å². The Hall–Kier alpha value is -0.0800. The standard InChI is InChI=1S/C10H21NO/c1-4-12-10(9(2)11-3)7-5-6-8-10/h9,11H,4-8H2,1-3H3. The van der Waals surface area contributed by atoms with E-state index in [2.05, 4.69) is 19.2 Å². The summed E-state index contributed by atoms with van der Waals surface area (Å²) in [5.41, 5.74) is 0.142. The van der Waals surface area contributed by atoms with Gasteiger partial charge >= 0.3 is 0 Å². The van der Waals surface area contributed by atoms with E-state index in [-0.39, 0.29) is 5.60 Å². The van der Waals surface area contributed by atoms with Crippen LogP contribution in [0.2, 0.25) is 0 Å². The molecule has 1 atom stereocenters. The first-order chi connectivity index (χ1) is 5.75. The molecule has 1 unspecified atom stereocenters. The first kappa shape index (κ1) is 10.0. The lowest BCUT2D eigenvalue weighted by molar-refractivity contribution is -0.0555. The lowest BCUT2D eigenvalue weighted by Gasteiger charge is -2.35. The van der Waals surface area contributed by atoms with Gasteiger partial charge in [0.05, 0.1) is 5.60 Å². The number of rotatable bonds is 4. The molecule has 1 saturated carbocycles. The smallest absolute Gasteiger partial charge is 0.0831 e. The van der Waals surface area contributed by atoms with Crippen LogP contribution in [0.4, 0.5) is 0 Å². The van der Waals surface area contributed by atoms with E-state index < -0.39 is 0 Å². The van der Waals surface area contributed by atoms with Gasteiger partial charge in [0.15, 0.2) is 0 Å². The summed E-state index contributed by atoms with van der Waals surface area (Å²) in [5, 5.41) is 3.31. The van der Waals surface area contributed by atoms with E-state index in [1.54, 1.807) is 0 Å². The van der Waals surface area contributed by atoms with Crippen LogP contribution in [0.3, 0.4) is 0 Å². The Morgan fingerprint density at radius 3 is 2.42 bits per heavy atom. The topological polar surface area (TPSA) is 21.3 Å². The minimum atomic E-state index is 0.142. The highest BCUT2D eigenvalue weighted by Gasteiger charge is 2.38. The van der Waals surface area contributed by atoms with Crippen LogP contribution in [0.15, 0.2) is 0 Å². The molecular formula is C10H21NO. The van der Waals surface area contributed by atoms with Gasteiger partial charge in [-0.2, -0.15) is 0 Å². The molecule has 1 rings (SSSR count). The summed E-state index contributed by atoms with van der Waals surface area (Å²) in [5.74, 6) is 0. The van der Waals surface area contributed by atoms with Gasteiger partial charge in [-0.05, 0) is 33.7 Å². The highest BCUT2D eigenvalue weighted by atomic mass is 16.5. The molecule has 1 N–H and O–H groups in total. The van der Waals surface area contributed by atoms with Crippen molar-refractivity contribution in [3.05, 3.63) is 0 Å². The van der Waals surface area contributed by atoms with Crippen molar-refractivity contribution in [2.24, 2.45) is 0 Å². The normalized spacial score (nSPS) is 24.2. The molecule has 1 aliphatic rings. The molecule has 0 aromatic carbocycles. The molecule has 0 bridgehead atoms. The van der Waals surface area contributed by atoms with E-state index in [1.165, 1.54) is 25.7 Å². The molecular weight excluding hydrogens is 150 g/mol. The number of hydrogen-bond donors (Lipinski definition) is 1. The maximum atomic E-state index is 5.88. The molecule has 0 spiro atoms. The van der Waals surface area contributed by atoms with Crippen LogP contribution in [-0.4, -0.2) is 25.3 Å². The van der Waals surface area contributed by atoms with Crippen LogP contribution >= 0.6 is 0 Å². The minimum absolute atomic E-state index is 0.142. The molecule has 72 valence electrons. The largest absolute Gasteiger partial charge is 0.374 e. The number of likely N-dealkylation sites (N-methyl/N-ethyl adjacent to an activating group) is 1. The number of nitrogens with one attached hydrogen (secondary N) is 1. The average molecular weight is 171 g/mol.